The summed E-state index contributed by atoms with van der Waals surface area (Å²) in [5.74, 6) is 0.380. The maximum atomic E-state index is 12.7. The first kappa shape index (κ1) is 19.9. The highest BCUT2D eigenvalue weighted by atomic mass is 16.5. The highest BCUT2D eigenvalue weighted by Gasteiger charge is 2.19. The van der Waals surface area contributed by atoms with Gasteiger partial charge in [-0.05, 0) is 51.5 Å². The number of hydrogen-bond acceptors (Lipinski definition) is 5. The summed E-state index contributed by atoms with van der Waals surface area (Å²) in [5, 5.41) is 0.842. The molecule has 0 saturated carbocycles. The molecule has 0 aliphatic heterocycles. The number of hydrogen-bond donors (Lipinski definition) is 0. The van der Waals surface area contributed by atoms with Crippen molar-refractivity contribution in [1.29, 1.82) is 0 Å². The number of Topliss-reactive ketones (excluding diaryl/α,β-unsaturated/α-hetero) is 1. The lowest BCUT2D eigenvalue weighted by Gasteiger charge is -2.17. The quantitative estimate of drug-likeness (QED) is 0.456. The van der Waals surface area contributed by atoms with Crippen LogP contribution in [0.2, 0.25) is 0 Å². The van der Waals surface area contributed by atoms with Crippen molar-refractivity contribution in [3.8, 4) is 5.75 Å². The Hall–Kier alpha value is -2.86. The van der Waals surface area contributed by atoms with Gasteiger partial charge in [-0.3, -0.25) is 4.79 Å². The van der Waals surface area contributed by atoms with E-state index in [2.05, 4.69) is 11.5 Å². The predicted octanol–water partition coefficient (Wildman–Crippen LogP) is 3.99. The summed E-state index contributed by atoms with van der Waals surface area (Å²) in [6.45, 7) is 8.29. The molecule has 0 N–H and O–H groups in total. The van der Waals surface area contributed by atoms with Gasteiger partial charge in [-0.1, -0.05) is 0 Å². The third-order valence-electron chi connectivity index (χ3n) is 4.93. The van der Waals surface area contributed by atoms with Crippen molar-refractivity contribution in [3.05, 3.63) is 63.3 Å². The zero-order valence-electron chi connectivity index (χ0n) is 16.9. The molecule has 0 aliphatic carbocycles. The van der Waals surface area contributed by atoms with Gasteiger partial charge in [0, 0.05) is 41.6 Å². The van der Waals surface area contributed by atoms with Gasteiger partial charge in [0.25, 0.3) is 0 Å². The molecule has 0 radical (unpaired) electrons. The van der Waals surface area contributed by atoms with Crippen molar-refractivity contribution in [2.75, 3.05) is 20.3 Å². The van der Waals surface area contributed by atoms with Crippen LogP contribution in [0.1, 0.15) is 40.3 Å². The van der Waals surface area contributed by atoms with Gasteiger partial charge in [-0.25, -0.2) is 4.79 Å². The number of benzene rings is 1. The summed E-state index contributed by atoms with van der Waals surface area (Å²) in [6.07, 6.45) is 0. The van der Waals surface area contributed by atoms with Crippen LogP contribution in [-0.4, -0.2) is 30.7 Å². The molecule has 0 saturated heterocycles. The van der Waals surface area contributed by atoms with Crippen LogP contribution in [-0.2, 0) is 4.74 Å². The molecule has 0 fully saturated rings. The van der Waals surface area contributed by atoms with E-state index in [1.165, 1.54) is 6.07 Å². The van der Waals surface area contributed by atoms with Gasteiger partial charge in [0.15, 0.2) is 6.61 Å². The molecule has 2 aromatic heterocycles. The smallest absolute Gasteiger partial charge is 0.336 e. The van der Waals surface area contributed by atoms with E-state index in [0.717, 1.165) is 22.3 Å². The summed E-state index contributed by atoms with van der Waals surface area (Å²) < 4.78 is 18.2. The number of aromatic nitrogens is 1. The fraction of sp³-hybridized carbons (Fsp3) is 0.364. The van der Waals surface area contributed by atoms with Gasteiger partial charge >= 0.3 is 5.63 Å². The lowest BCUT2D eigenvalue weighted by Crippen LogP contribution is -2.16. The van der Waals surface area contributed by atoms with Gasteiger partial charge in [0.1, 0.15) is 11.3 Å². The monoisotopic (exact) mass is 383 g/mol. The SMILES string of the molecule is COC[C@H](C)n1c(C)cc(C(=O)COc2ccc3c(C)cc(=O)oc3c2)c1C. The number of aryl methyl sites for hydroxylation is 2. The lowest BCUT2D eigenvalue weighted by atomic mass is 10.1. The fourth-order valence-electron chi connectivity index (χ4n) is 3.68. The first-order valence-corrected chi connectivity index (χ1v) is 9.19. The van der Waals surface area contributed by atoms with Crippen LogP contribution in [0, 0.1) is 20.8 Å². The number of rotatable bonds is 7. The second-order valence-corrected chi connectivity index (χ2v) is 7.08. The number of nitrogens with zero attached hydrogens (tertiary/aromatic N) is 1. The van der Waals surface area contributed by atoms with E-state index in [1.807, 2.05) is 32.9 Å². The molecule has 2 heterocycles. The molecule has 1 aromatic carbocycles. The molecule has 0 bridgehead atoms. The minimum Gasteiger partial charge on any atom is -0.485 e. The molecule has 0 spiro atoms. The maximum Gasteiger partial charge on any atom is 0.336 e. The molecule has 28 heavy (non-hydrogen) atoms. The summed E-state index contributed by atoms with van der Waals surface area (Å²) >= 11 is 0. The number of ether oxygens (including phenoxy) is 2. The molecule has 6 heteroatoms. The summed E-state index contributed by atoms with van der Waals surface area (Å²) in [4.78, 5) is 24.3. The van der Waals surface area contributed by atoms with Gasteiger partial charge in [0.2, 0.25) is 5.78 Å². The molecular formula is C22H25NO5. The average Bonchev–Trinajstić information content (AvgIpc) is 2.93. The Bertz CT molecular complexity index is 1080. The lowest BCUT2D eigenvalue weighted by molar-refractivity contribution is 0.0920. The Morgan fingerprint density at radius 2 is 1.93 bits per heavy atom. The topological polar surface area (TPSA) is 70.7 Å². The molecule has 148 valence electrons. The predicted molar refractivity (Wildman–Crippen MR) is 108 cm³/mol. The Morgan fingerprint density at radius 1 is 1.18 bits per heavy atom. The van der Waals surface area contributed by atoms with Crippen molar-refractivity contribution in [1.82, 2.24) is 4.57 Å². The third-order valence-corrected chi connectivity index (χ3v) is 4.93. The van der Waals surface area contributed by atoms with Gasteiger partial charge < -0.3 is 18.5 Å². The molecule has 3 rings (SSSR count). The van der Waals surface area contributed by atoms with Gasteiger partial charge in [-0.15, -0.1) is 0 Å². The van der Waals surface area contributed by atoms with Crippen molar-refractivity contribution < 1.29 is 18.7 Å². The first-order valence-electron chi connectivity index (χ1n) is 9.19. The molecule has 0 unspecified atom stereocenters. The first-order chi connectivity index (χ1) is 13.3. The number of fused-ring (bicyclic) bond motifs is 1. The van der Waals surface area contributed by atoms with E-state index in [0.29, 0.717) is 23.5 Å². The van der Waals surface area contributed by atoms with Crippen molar-refractivity contribution in [2.45, 2.75) is 33.7 Å². The second kappa shape index (κ2) is 8.02. The third kappa shape index (κ3) is 3.87. The number of carbonyl (C=O) groups is 1. The maximum absolute atomic E-state index is 12.7. The fourth-order valence-corrected chi connectivity index (χ4v) is 3.68. The molecule has 6 nitrogen and oxygen atoms in total. The van der Waals surface area contributed by atoms with Crippen LogP contribution in [0.25, 0.3) is 11.0 Å². The van der Waals surface area contributed by atoms with E-state index < -0.39 is 5.63 Å². The van der Waals surface area contributed by atoms with E-state index in [4.69, 9.17) is 13.9 Å². The Balaban J connectivity index is 1.78. The Kier molecular flexibility index (Phi) is 5.70. The van der Waals surface area contributed by atoms with Crippen molar-refractivity contribution in [2.24, 2.45) is 0 Å². The summed E-state index contributed by atoms with van der Waals surface area (Å²) in [7, 11) is 1.66. The summed E-state index contributed by atoms with van der Waals surface area (Å²) in [5.41, 5.74) is 3.43. The van der Waals surface area contributed by atoms with Crippen LogP contribution in [0.5, 0.6) is 5.75 Å². The molecule has 0 aliphatic rings. The molecule has 1 atom stereocenters. The van der Waals surface area contributed by atoms with Gasteiger partial charge in [-0.2, -0.15) is 0 Å². The highest BCUT2D eigenvalue weighted by molar-refractivity contribution is 5.98. The minimum atomic E-state index is -0.407. The van der Waals surface area contributed by atoms with E-state index in [-0.39, 0.29) is 18.4 Å². The molecular weight excluding hydrogens is 358 g/mol. The summed E-state index contributed by atoms with van der Waals surface area (Å²) in [6, 6.07) is 8.71. The molecule has 3 aromatic rings. The van der Waals surface area contributed by atoms with Gasteiger partial charge in [0.05, 0.1) is 12.6 Å². The number of methoxy groups -OCH3 is 1. The van der Waals surface area contributed by atoms with E-state index in [9.17, 15) is 9.59 Å². The average molecular weight is 383 g/mol. The Labute approximate surface area is 163 Å². The Morgan fingerprint density at radius 3 is 2.64 bits per heavy atom. The number of ketones is 1. The standard InChI is InChI=1S/C22H25NO5/c1-13-8-22(25)28-21-10-17(6-7-18(13)21)27-12-20(24)19-9-14(2)23(16(19)4)15(3)11-26-5/h6-10,15H,11-12H2,1-5H3/t15-/m0/s1. The second-order valence-electron chi connectivity index (χ2n) is 7.08. The van der Waals surface area contributed by atoms with Crippen LogP contribution in [0.4, 0.5) is 0 Å². The van der Waals surface area contributed by atoms with E-state index in [1.54, 1.807) is 19.2 Å². The van der Waals surface area contributed by atoms with Crippen LogP contribution in [0.3, 0.4) is 0 Å². The highest BCUT2D eigenvalue weighted by Crippen LogP contribution is 2.24. The minimum absolute atomic E-state index is 0.0928. The van der Waals surface area contributed by atoms with E-state index >= 15 is 0 Å². The van der Waals surface area contributed by atoms with Crippen molar-refractivity contribution in [3.63, 3.8) is 0 Å². The van der Waals surface area contributed by atoms with Crippen LogP contribution >= 0.6 is 0 Å². The largest absolute Gasteiger partial charge is 0.485 e. The normalized spacial score (nSPS) is 12.3. The zero-order chi connectivity index (χ0) is 20.4. The van der Waals surface area contributed by atoms with Crippen LogP contribution in [0.15, 0.2) is 39.5 Å². The number of carbonyl (C=O) groups excluding carboxylic acids is 1. The van der Waals surface area contributed by atoms with Crippen molar-refractivity contribution >= 4 is 16.8 Å². The molecule has 0 amide bonds. The van der Waals surface area contributed by atoms with Crippen LogP contribution < -0.4 is 10.4 Å². The zero-order valence-corrected chi connectivity index (χ0v) is 16.9.